The number of carbonyl (C=O) groups excluding carboxylic acids is 1. The van der Waals surface area contributed by atoms with Crippen LogP contribution in [0.15, 0.2) is 18.2 Å². The Morgan fingerprint density at radius 1 is 1.53 bits per heavy atom. The predicted molar refractivity (Wildman–Crippen MR) is 78.1 cm³/mol. The minimum absolute atomic E-state index is 0.196. The average molecular weight is 261 g/mol. The van der Waals surface area contributed by atoms with Crippen molar-refractivity contribution < 1.29 is 4.79 Å². The lowest BCUT2D eigenvalue weighted by molar-refractivity contribution is -0.125. The monoisotopic (exact) mass is 261 g/mol. The largest absolute Gasteiger partial charge is 0.370 e. The summed E-state index contributed by atoms with van der Waals surface area (Å²) >= 11 is 0. The molecule has 1 atom stereocenters. The van der Waals surface area contributed by atoms with Gasteiger partial charge in [0.1, 0.15) is 0 Å². The molecule has 1 aromatic rings. The fourth-order valence-electron chi connectivity index (χ4n) is 2.65. The first-order chi connectivity index (χ1) is 8.96. The fraction of sp³-hybridized carbons (Fsp3) is 0.533. The van der Waals surface area contributed by atoms with E-state index in [9.17, 15) is 4.79 Å². The normalized spacial score (nSPS) is 22.8. The van der Waals surface area contributed by atoms with Gasteiger partial charge in [-0.05, 0) is 50.6 Å². The zero-order valence-corrected chi connectivity index (χ0v) is 12.0. The minimum atomic E-state index is -0.391. The molecule has 0 aliphatic carbocycles. The van der Waals surface area contributed by atoms with Gasteiger partial charge in [-0.2, -0.15) is 0 Å². The van der Waals surface area contributed by atoms with Gasteiger partial charge in [-0.1, -0.05) is 6.07 Å². The first-order valence-corrected chi connectivity index (χ1v) is 6.75. The lowest BCUT2D eigenvalue weighted by Crippen LogP contribution is -2.37. The molecule has 0 aromatic heterocycles. The van der Waals surface area contributed by atoms with Gasteiger partial charge in [-0.3, -0.25) is 4.79 Å². The van der Waals surface area contributed by atoms with Crippen molar-refractivity contribution in [1.29, 1.82) is 0 Å². The Morgan fingerprint density at radius 3 is 2.79 bits per heavy atom. The number of primary amides is 1. The first-order valence-electron chi connectivity index (χ1n) is 6.75. The highest BCUT2D eigenvalue weighted by Gasteiger charge is 2.38. The van der Waals surface area contributed by atoms with Crippen molar-refractivity contribution in [1.82, 2.24) is 5.32 Å². The summed E-state index contributed by atoms with van der Waals surface area (Å²) in [7, 11) is 1.95. The second-order valence-corrected chi connectivity index (χ2v) is 5.74. The molecule has 3 N–H and O–H groups in total. The van der Waals surface area contributed by atoms with Gasteiger partial charge in [-0.25, -0.2) is 0 Å². The molecule has 19 heavy (non-hydrogen) atoms. The predicted octanol–water partition coefficient (Wildman–Crippen LogP) is 1.42. The molecule has 1 aromatic carbocycles. The topological polar surface area (TPSA) is 58.4 Å². The number of hydrogen-bond acceptors (Lipinski definition) is 3. The van der Waals surface area contributed by atoms with Crippen LogP contribution in [0.3, 0.4) is 0 Å². The molecule has 0 radical (unpaired) electrons. The standard InChI is InChI=1S/C15H23N3O/c1-11-8-13(5-4-12(11)9-17-3)18-7-6-15(2,10-18)14(16)19/h4-5,8,17H,6-7,9-10H2,1-3H3,(H2,16,19). The molecule has 104 valence electrons. The number of nitrogens with one attached hydrogen (secondary N) is 1. The van der Waals surface area contributed by atoms with Crippen LogP contribution in [0.1, 0.15) is 24.5 Å². The molecule has 1 fully saturated rings. The molecule has 2 rings (SSSR count). The van der Waals surface area contributed by atoms with Crippen LogP contribution >= 0.6 is 0 Å². The second-order valence-electron chi connectivity index (χ2n) is 5.74. The molecule has 0 bridgehead atoms. The average Bonchev–Trinajstić information content (AvgIpc) is 2.76. The molecule has 4 heteroatoms. The molecule has 1 amide bonds. The Hall–Kier alpha value is -1.55. The van der Waals surface area contributed by atoms with E-state index in [1.54, 1.807) is 0 Å². The third kappa shape index (κ3) is 2.73. The van der Waals surface area contributed by atoms with E-state index < -0.39 is 5.41 Å². The van der Waals surface area contributed by atoms with Crippen molar-refractivity contribution in [2.75, 3.05) is 25.0 Å². The van der Waals surface area contributed by atoms with Crippen LogP contribution in [0.5, 0.6) is 0 Å². The van der Waals surface area contributed by atoms with Gasteiger partial charge < -0.3 is 16.0 Å². The molecule has 1 aliphatic heterocycles. The zero-order chi connectivity index (χ0) is 14.0. The van der Waals surface area contributed by atoms with Gasteiger partial charge in [0.15, 0.2) is 0 Å². The molecule has 1 saturated heterocycles. The maximum absolute atomic E-state index is 11.5. The van der Waals surface area contributed by atoms with E-state index in [1.807, 2.05) is 14.0 Å². The molecular formula is C15H23N3O. The SMILES string of the molecule is CNCc1ccc(N2CCC(C)(C(N)=O)C2)cc1C. The smallest absolute Gasteiger partial charge is 0.225 e. The summed E-state index contributed by atoms with van der Waals surface area (Å²) in [4.78, 5) is 13.7. The van der Waals surface area contributed by atoms with Crippen LogP contribution in [-0.2, 0) is 11.3 Å². The number of nitrogens with two attached hydrogens (primary N) is 1. The lowest BCUT2D eigenvalue weighted by atomic mass is 9.89. The molecule has 1 unspecified atom stereocenters. The van der Waals surface area contributed by atoms with Crippen molar-refractivity contribution in [2.24, 2.45) is 11.1 Å². The summed E-state index contributed by atoms with van der Waals surface area (Å²) in [6, 6.07) is 6.48. The summed E-state index contributed by atoms with van der Waals surface area (Å²) in [6.07, 6.45) is 0.833. The maximum Gasteiger partial charge on any atom is 0.225 e. The molecule has 1 aliphatic rings. The van der Waals surface area contributed by atoms with Crippen LogP contribution < -0.4 is 16.0 Å². The Morgan fingerprint density at radius 2 is 2.26 bits per heavy atom. The van der Waals surface area contributed by atoms with E-state index in [4.69, 9.17) is 5.73 Å². The molecule has 0 saturated carbocycles. The van der Waals surface area contributed by atoms with Crippen LogP contribution in [0, 0.1) is 12.3 Å². The highest BCUT2D eigenvalue weighted by Crippen LogP contribution is 2.33. The number of anilines is 1. The highest BCUT2D eigenvalue weighted by molar-refractivity contribution is 5.82. The number of aryl methyl sites for hydroxylation is 1. The van der Waals surface area contributed by atoms with Crippen molar-refractivity contribution in [3.8, 4) is 0 Å². The summed E-state index contributed by atoms with van der Waals surface area (Å²) in [6.45, 7) is 6.57. The number of hydrogen-bond donors (Lipinski definition) is 2. The van der Waals surface area contributed by atoms with Crippen LogP contribution in [0.2, 0.25) is 0 Å². The van der Waals surface area contributed by atoms with Crippen LogP contribution in [0.4, 0.5) is 5.69 Å². The number of benzene rings is 1. The van der Waals surface area contributed by atoms with Gasteiger partial charge in [0.25, 0.3) is 0 Å². The molecule has 1 heterocycles. The van der Waals surface area contributed by atoms with Crippen molar-refractivity contribution in [3.05, 3.63) is 29.3 Å². The number of amides is 1. The van der Waals surface area contributed by atoms with E-state index in [-0.39, 0.29) is 5.91 Å². The maximum atomic E-state index is 11.5. The van der Waals surface area contributed by atoms with Crippen molar-refractivity contribution in [3.63, 3.8) is 0 Å². The molecule has 4 nitrogen and oxygen atoms in total. The fourth-order valence-corrected chi connectivity index (χ4v) is 2.65. The van der Waals surface area contributed by atoms with E-state index in [0.717, 1.165) is 19.5 Å². The van der Waals surface area contributed by atoms with Crippen molar-refractivity contribution >= 4 is 11.6 Å². The quantitative estimate of drug-likeness (QED) is 0.861. The summed E-state index contributed by atoms with van der Waals surface area (Å²) in [5.41, 5.74) is 8.87. The van der Waals surface area contributed by atoms with E-state index in [0.29, 0.717) is 6.54 Å². The van der Waals surface area contributed by atoms with Gasteiger partial charge in [0.05, 0.1) is 5.41 Å². The third-order valence-electron chi connectivity index (χ3n) is 4.13. The third-order valence-corrected chi connectivity index (χ3v) is 4.13. The first kappa shape index (κ1) is 13.9. The second kappa shape index (κ2) is 5.21. The Balaban J connectivity index is 2.16. The lowest BCUT2D eigenvalue weighted by Gasteiger charge is -2.23. The Labute approximate surface area is 115 Å². The van der Waals surface area contributed by atoms with Gasteiger partial charge >= 0.3 is 0 Å². The summed E-state index contributed by atoms with van der Waals surface area (Å²) < 4.78 is 0. The van der Waals surface area contributed by atoms with Crippen LogP contribution in [-0.4, -0.2) is 26.0 Å². The summed E-state index contributed by atoms with van der Waals surface area (Å²) in [5.74, 6) is -0.196. The Kier molecular flexibility index (Phi) is 3.80. The summed E-state index contributed by atoms with van der Waals surface area (Å²) in [5, 5.41) is 3.17. The van der Waals surface area contributed by atoms with E-state index >= 15 is 0 Å². The van der Waals surface area contributed by atoms with Gasteiger partial charge in [0, 0.05) is 25.3 Å². The van der Waals surface area contributed by atoms with Crippen LogP contribution in [0.25, 0.3) is 0 Å². The number of nitrogens with zero attached hydrogens (tertiary/aromatic N) is 1. The zero-order valence-electron chi connectivity index (χ0n) is 12.0. The highest BCUT2D eigenvalue weighted by atomic mass is 16.1. The van der Waals surface area contributed by atoms with Crippen molar-refractivity contribution in [2.45, 2.75) is 26.8 Å². The number of carbonyl (C=O) groups is 1. The van der Waals surface area contributed by atoms with E-state index in [1.165, 1.54) is 16.8 Å². The van der Waals surface area contributed by atoms with Gasteiger partial charge in [-0.15, -0.1) is 0 Å². The van der Waals surface area contributed by atoms with E-state index in [2.05, 4.69) is 35.3 Å². The number of rotatable bonds is 4. The minimum Gasteiger partial charge on any atom is -0.370 e. The molecular weight excluding hydrogens is 238 g/mol. The Bertz CT molecular complexity index is 486. The molecule has 0 spiro atoms. The van der Waals surface area contributed by atoms with Gasteiger partial charge in [0.2, 0.25) is 5.91 Å².